The van der Waals surface area contributed by atoms with Crippen molar-refractivity contribution in [2.75, 3.05) is 20.2 Å². The fourth-order valence-electron chi connectivity index (χ4n) is 3.28. The number of halogens is 1. The van der Waals surface area contributed by atoms with Gasteiger partial charge in [0.25, 0.3) is 5.91 Å². The van der Waals surface area contributed by atoms with Crippen molar-refractivity contribution in [3.8, 4) is 5.75 Å². The van der Waals surface area contributed by atoms with Crippen LogP contribution in [0, 0.1) is 13.8 Å². The molecule has 0 aliphatic carbocycles. The van der Waals surface area contributed by atoms with Crippen LogP contribution >= 0.6 is 11.6 Å². The third kappa shape index (κ3) is 6.23. The van der Waals surface area contributed by atoms with E-state index < -0.39 is 6.04 Å². The summed E-state index contributed by atoms with van der Waals surface area (Å²) in [7, 11) is 1.58. The van der Waals surface area contributed by atoms with Gasteiger partial charge in [0.05, 0.1) is 0 Å². The van der Waals surface area contributed by atoms with Crippen molar-refractivity contribution in [3.63, 3.8) is 0 Å². The predicted octanol–water partition coefficient (Wildman–Crippen LogP) is 3.93. The van der Waals surface area contributed by atoms with E-state index in [0.717, 1.165) is 16.7 Å². The number of carbonyl (C=O) groups excluding carboxylic acids is 2. The highest BCUT2D eigenvalue weighted by Gasteiger charge is 2.27. The molecule has 2 rings (SSSR count). The Hall–Kier alpha value is -2.53. The third-order valence-electron chi connectivity index (χ3n) is 4.89. The van der Waals surface area contributed by atoms with Crippen LogP contribution in [0.3, 0.4) is 0 Å². The minimum Gasteiger partial charge on any atom is -0.484 e. The molecule has 2 amide bonds. The Morgan fingerprint density at radius 1 is 1.14 bits per heavy atom. The third-order valence-corrected chi connectivity index (χ3v) is 5.48. The number of rotatable bonds is 9. The van der Waals surface area contributed by atoms with E-state index in [1.54, 1.807) is 11.9 Å². The van der Waals surface area contributed by atoms with Gasteiger partial charge in [-0.05, 0) is 55.5 Å². The van der Waals surface area contributed by atoms with Crippen LogP contribution in [0.4, 0.5) is 0 Å². The first-order chi connectivity index (χ1) is 13.9. The van der Waals surface area contributed by atoms with Crippen LogP contribution in [0.1, 0.15) is 30.0 Å². The van der Waals surface area contributed by atoms with Gasteiger partial charge in [0.15, 0.2) is 6.61 Å². The second-order valence-electron chi connectivity index (χ2n) is 7.02. The fourth-order valence-corrected chi connectivity index (χ4v) is 3.39. The van der Waals surface area contributed by atoms with Gasteiger partial charge in [-0.1, -0.05) is 48.9 Å². The van der Waals surface area contributed by atoms with Crippen LogP contribution in [0.2, 0.25) is 5.02 Å². The molecule has 2 aromatic rings. The molecule has 0 aliphatic rings. The van der Waals surface area contributed by atoms with Crippen molar-refractivity contribution >= 4 is 23.4 Å². The highest BCUT2D eigenvalue weighted by molar-refractivity contribution is 6.32. The van der Waals surface area contributed by atoms with Crippen LogP contribution in [-0.2, 0) is 16.0 Å². The van der Waals surface area contributed by atoms with Crippen LogP contribution in [0.15, 0.2) is 42.5 Å². The average molecular weight is 417 g/mol. The Morgan fingerprint density at radius 2 is 1.76 bits per heavy atom. The maximum absolute atomic E-state index is 13.0. The highest BCUT2D eigenvalue weighted by atomic mass is 35.5. The summed E-state index contributed by atoms with van der Waals surface area (Å²) >= 11 is 6.20. The van der Waals surface area contributed by atoms with E-state index in [9.17, 15) is 9.59 Å². The molecule has 0 fully saturated rings. The van der Waals surface area contributed by atoms with E-state index in [4.69, 9.17) is 16.3 Å². The topological polar surface area (TPSA) is 58.6 Å². The van der Waals surface area contributed by atoms with Gasteiger partial charge in [0, 0.05) is 18.6 Å². The second-order valence-corrected chi connectivity index (χ2v) is 7.40. The van der Waals surface area contributed by atoms with Gasteiger partial charge in [-0.25, -0.2) is 0 Å². The summed E-state index contributed by atoms with van der Waals surface area (Å²) in [5, 5.41) is 3.35. The number of ether oxygens (including phenoxy) is 1. The van der Waals surface area contributed by atoms with Gasteiger partial charge in [-0.2, -0.15) is 0 Å². The molecule has 1 atom stereocenters. The lowest BCUT2D eigenvalue weighted by Crippen LogP contribution is -2.50. The molecule has 0 unspecified atom stereocenters. The van der Waals surface area contributed by atoms with Gasteiger partial charge in [0.1, 0.15) is 11.8 Å². The van der Waals surface area contributed by atoms with E-state index in [1.165, 1.54) is 0 Å². The molecule has 5 nitrogen and oxygen atoms in total. The Kier molecular flexibility index (Phi) is 8.52. The summed E-state index contributed by atoms with van der Waals surface area (Å²) in [6.07, 6.45) is 1.19. The van der Waals surface area contributed by atoms with Crippen molar-refractivity contribution in [1.29, 1.82) is 0 Å². The lowest BCUT2D eigenvalue weighted by atomic mass is 10.1. The van der Waals surface area contributed by atoms with Gasteiger partial charge < -0.3 is 15.0 Å². The van der Waals surface area contributed by atoms with E-state index in [2.05, 4.69) is 5.32 Å². The largest absolute Gasteiger partial charge is 0.484 e. The first kappa shape index (κ1) is 22.8. The molecule has 0 heterocycles. The quantitative estimate of drug-likeness (QED) is 0.673. The lowest BCUT2D eigenvalue weighted by Gasteiger charge is -2.30. The standard InChI is InChI=1S/C23H29ClN2O3/c1-5-20(23(28)25-4)26(12-11-18-9-7-6-8-10-18)21(27)15-29-19-13-16(2)22(24)17(3)14-19/h6-10,13-14,20H,5,11-12,15H2,1-4H3,(H,25,28)/t20-/m1/s1. The van der Waals surface area contributed by atoms with Gasteiger partial charge in [0.2, 0.25) is 5.91 Å². The van der Waals surface area contributed by atoms with Crippen LogP contribution < -0.4 is 10.1 Å². The summed E-state index contributed by atoms with van der Waals surface area (Å²) in [6, 6.07) is 13.0. The number of aryl methyl sites for hydroxylation is 2. The summed E-state index contributed by atoms with van der Waals surface area (Å²) in [4.78, 5) is 26.9. The zero-order valence-corrected chi connectivity index (χ0v) is 18.3. The minimum absolute atomic E-state index is 0.136. The molecular formula is C23H29ClN2O3. The molecule has 0 saturated heterocycles. The Balaban J connectivity index is 2.13. The SMILES string of the molecule is CC[C@H](C(=O)NC)N(CCc1ccccc1)C(=O)COc1cc(C)c(Cl)c(C)c1. The maximum Gasteiger partial charge on any atom is 0.261 e. The normalized spacial score (nSPS) is 11.6. The number of hydrogen-bond acceptors (Lipinski definition) is 3. The molecule has 2 aromatic carbocycles. The van der Waals surface area contributed by atoms with Crippen molar-refractivity contribution in [1.82, 2.24) is 10.2 Å². The zero-order valence-electron chi connectivity index (χ0n) is 17.5. The molecule has 1 N–H and O–H groups in total. The number of nitrogens with one attached hydrogen (secondary N) is 1. The first-order valence-electron chi connectivity index (χ1n) is 9.81. The van der Waals surface area contributed by atoms with Crippen LogP contribution in [0.25, 0.3) is 0 Å². The molecule has 0 aliphatic heterocycles. The maximum atomic E-state index is 13.0. The molecule has 0 spiro atoms. The van der Waals surface area contributed by atoms with E-state index >= 15 is 0 Å². The molecular weight excluding hydrogens is 388 g/mol. The summed E-state index contributed by atoms with van der Waals surface area (Å²) in [5.41, 5.74) is 2.90. The number of benzene rings is 2. The van der Waals surface area contributed by atoms with Crippen LogP contribution in [-0.4, -0.2) is 43.0 Å². The molecule has 29 heavy (non-hydrogen) atoms. The molecule has 156 valence electrons. The minimum atomic E-state index is -0.534. The van der Waals surface area contributed by atoms with Gasteiger partial charge in [-0.3, -0.25) is 9.59 Å². The summed E-state index contributed by atoms with van der Waals surface area (Å²) < 4.78 is 5.74. The van der Waals surface area contributed by atoms with Crippen molar-refractivity contribution in [3.05, 3.63) is 64.2 Å². The highest BCUT2D eigenvalue weighted by Crippen LogP contribution is 2.26. The first-order valence-corrected chi connectivity index (χ1v) is 10.2. The van der Waals surface area contributed by atoms with Gasteiger partial charge >= 0.3 is 0 Å². The van der Waals surface area contributed by atoms with Crippen molar-refractivity contribution in [2.45, 2.75) is 39.7 Å². The fraction of sp³-hybridized carbons (Fsp3) is 0.391. The Labute approximate surface area is 178 Å². The van der Waals surface area contributed by atoms with E-state index in [-0.39, 0.29) is 18.4 Å². The molecule has 6 heteroatoms. The smallest absolute Gasteiger partial charge is 0.261 e. The predicted molar refractivity (Wildman–Crippen MR) is 116 cm³/mol. The number of amides is 2. The number of hydrogen-bond donors (Lipinski definition) is 1. The van der Waals surface area contributed by atoms with E-state index in [0.29, 0.717) is 30.2 Å². The average Bonchev–Trinajstić information content (AvgIpc) is 2.73. The van der Waals surface area contributed by atoms with E-state index in [1.807, 2.05) is 63.2 Å². The number of likely N-dealkylation sites (N-methyl/N-ethyl adjacent to an activating group) is 1. The molecule has 0 bridgehead atoms. The van der Waals surface area contributed by atoms with Crippen molar-refractivity contribution in [2.24, 2.45) is 0 Å². The molecule has 0 aromatic heterocycles. The molecule has 0 saturated carbocycles. The zero-order chi connectivity index (χ0) is 21.4. The number of carbonyl (C=O) groups is 2. The molecule has 0 radical (unpaired) electrons. The van der Waals surface area contributed by atoms with Crippen LogP contribution in [0.5, 0.6) is 5.75 Å². The lowest BCUT2D eigenvalue weighted by molar-refractivity contribution is -0.142. The Bertz CT molecular complexity index is 816. The summed E-state index contributed by atoms with van der Waals surface area (Å²) in [6.45, 7) is 6.00. The Morgan fingerprint density at radius 3 is 2.31 bits per heavy atom. The monoisotopic (exact) mass is 416 g/mol. The van der Waals surface area contributed by atoms with Gasteiger partial charge in [-0.15, -0.1) is 0 Å². The summed E-state index contributed by atoms with van der Waals surface area (Å²) in [5.74, 6) is 0.197. The van der Waals surface area contributed by atoms with Crippen molar-refractivity contribution < 1.29 is 14.3 Å². The second kappa shape index (κ2) is 10.9. The number of nitrogens with zero attached hydrogens (tertiary/aromatic N) is 1.